The number of hydrogen-bond donors (Lipinski definition) is 2. The van der Waals surface area contributed by atoms with E-state index in [2.05, 4.69) is 47.0 Å². The van der Waals surface area contributed by atoms with Gasteiger partial charge in [0.2, 0.25) is 11.8 Å². The summed E-state index contributed by atoms with van der Waals surface area (Å²) < 4.78 is 11.6. The van der Waals surface area contributed by atoms with Gasteiger partial charge in [-0.25, -0.2) is 4.79 Å². The summed E-state index contributed by atoms with van der Waals surface area (Å²) in [6, 6.07) is 18.7. The highest BCUT2D eigenvalue weighted by atomic mass is 16.5. The highest BCUT2D eigenvalue weighted by Crippen LogP contribution is 2.39. The van der Waals surface area contributed by atoms with Crippen molar-refractivity contribution in [3.63, 3.8) is 0 Å². The molecule has 9 heteroatoms. The van der Waals surface area contributed by atoms with Gasteiger partial charge < -0.3 is 29.9 Å². The van der Waals surface area contributed by atoms with Gasteiger partial charge in [-0.05, 0) is 48.4 Å². The average Bonchev–Trinajstić information content (AvgIpc) is 2.99. The van der Waals surface area contributed by atoms with E-state index in [1.807, 2.05) is 34.9 Å². The second-order valence-corrected chi connectivity index (χ2v) is 10.9. The van der Waals surface area contributed by atoms with Crippen LogP contribution in [0, 0.1) is 5.92 Å². The van der Waals surface area contributed by atoms with Crippen molar-refractivity contribution in [2.75, 3.05) is 45.9 Å². The van der Waals surface area contributed by atoms with Gasteiger partial charge in [0.25, 0.3) is 0 Å². The molecule has 2 N–H and O–H groups in total. The zero-order valence-electron chi connectivity index (χ0n) is 23.2. The van der Waals surface area contributed by atoms with Crippen molar-refractivity contribution in [2.24, 2.45) is 5.92 Å². The zero-order chi connectivity index (χ0) is 27.9. The van der Waals surface area contributed by atoms with Gasteiger partial charge in [-0.15, -0.1) is 0 Å². The van der Waals surface area contributed by atoms with Gasteiger partial charge in [0.15, 0.2) is 0 Å². The molecule has 4 amide bonds. The van der Waals surface area contributed by atoms with Crippen LogP contribution in [0.25, 0.3) is 0 Å². The molecule has 40 heavy (non-hydrogen) atoms. The number of likely N-dealkylation sites (tertiary alicyclic amines) is 2. The van der Waals surface area contributed by atoms with Gasteiger partial charge >= 0.3 is 6.03 Å². The first-order valence-corrected chi connectivity index (χ1v) is 14.5. The third kappa shape index (κ3) is 6.75. The van der Waals surface area contributed by atoms with Gasteiger partial charge in [-0.1, -0.05) is 49.4 Å². The molecular formula is C31H40N4O5. The molecule has 0 radical (unpaired) electrons. The minimum absolute atomic E-state index is 0.00560. The van der Waals surface area contributed by atoms with Crippen molar-refractivity contribution in [2.45, 2.75) is 50.7 Å². The summed E-state index contributed by atoms with van der Waals surface area (Å²) in [7, 11) is 0. The number of hydrogen-bond acceptors (Lipinski definition) is 5. The molecule has 0 bridgehead atoms. The van der Waals surface area contributed by atoms with Gasteiger partial charge in [0, 0.05) is 38.5 Å². The van der Waals surface area contributed by atoms with E-state index < -0.39 is 0 Å². The summed E-state index contributed by atoms with van der Waals surface area (Å²) in [4.78, 5) is 40.5. The van der Waals surface area contributed by atoms with E-state index in [4.69, 9.17) is 9.47 Å². The van der Waals surface area contributed by atoms with Crippen LogP contribution < -0.4 is 15.4 Å². The Kier molecular flexibility index (Phi) is 9.21. The topological polar surface area (TPSA) is 100 Å². The number of fused-ring (bicyclic) bond motifs is 1. The molecule has 2 aromatic carbocycles. The number of benzene rings is 2. The number of nitrogens with zero attached hydrogens (tertiary/aromatic N) is 2. The van der Waals surface area contributed by atoms with E-state index in [0.29, 0.717) is 51.7 Å². The SMILES string of the molecule is CCC(=O)NCCOc1cccc(C(c2ccccc2)C2CCN(C(=O)N3CC[C@@H]4OCC(=O)N[C@@H]4C3)CC2)c1. The van der Waals surface area contributed by atoms with E-state index in [0.717, 1.165) is 25.0 Å². The molecule has 0 aromatic heterocycles. The number of morpholine rings is 1. The smallest absolute Gasteiger partial charge is 0.320 e. The lowest BCUT2D eigenvalue weighted by Gasteiger charge is -2.44. The van der Waals surface area contributed by atoms with E-state index in [-0.39, 0.29) is 42.5 Å². The lowest BCUT2D eigenvalue weighted by atomic mass is 9.76. The molecule has 3 heterocycles. The minimum atomic E-state index is -0.128. The van der Waals surface area contributed by atoms with Gasteiger partial charge in [-0.3, -0.25) is 9.59 Å². The number of piperidine rings is 2. The second-order valence-electron chi connectivity index (χ2n) is 10.9. The fourth-order valence-corrected chi connectivity index (χ4v) is 6.18. The van der Waals surface area contributed by atoms with Gasteiger partial charge in [0.1, 0.15) is 19.0 Å². The first-order valence-electron chi connectivity index (χ1n) is 14.5. The minimum Gasteiger partial charge on any atom is -0.492 e. The molecule has 0 aliphatic carbocycles. The van der Waals surface area contributed by atoms with Crippen LogP contribution in [0.1, 0.15) is 49.7 Å². The second kappa shape index (κ2) is 13.2. The Morgan fingerprint density at radius 2 is 1.77 bits per heavy atom. The molecule has 3 aliphatic heterocycles. The molecular weight excluding hydrogens is 508 g/mol. The predicted molar refractivity (Wildman–Crippen MR) is 151 cm³/mol. The van der Waals surface area contributed by atoms with Crippen LogP contribution in [0.3, 0.4) is 0 Å². The summed E-state index contributed by atoms with van der Waals surface area (Å²) in [5.74, 6) is 1.26. The van der Waals surface area contributed by atoms with E-state index in [9.17, 15) is 14.4 Å². The number of carbonyl (C=O) groups is 3. The molecule has 2 aromatic rings. The fraction of sp³-hybridized carbons (Fsp3) is 0.516. The van der Waals surface area contributed by atoms with Crippen molar-refractivity contribution >= 4 is 17.8 Å². The molecule has 0 saturated carbocycles. The number of urea groups is 1. The third-order valence-corrected chi connectivity index (χ3v) is 8.27. The highest BCUT2D eigenvalue weighted by molar-refractivity contribution is 5.79. The normalized spacial score (nSPS) is 22.2. The quantitative estimate of drug-likeness (QED) is 0.494. The Labute approximate surface area is 236 Å². The number of rotatable bonds is 8. The number of carbonyl (C=O) groups excluding carboxylic acids is 3. The molecule has 214 valence electrons. The Hall–Kier alpha value is -3.59. The maximum Gasteiger partial charge on any atom is 0.320 e. The van der Waals surface area contributed by atoms with Crippen molar-refractivity contribution in [3.8, 4) is 5.75 Å². The summed E-state index contributed by atoms with van der Waals surface area (Å²) in [5.41, 5.74) is 2.45. The van der Waals surface area contributed by atoms with Crippen molar-refractivity contribution in [1.29, 1.82) is 0 Å². The predicted octanol–water partition coefficient (Wildman–Crippen LogP) is 3.14. The first kappa shape index (κ1) is 28.0. The first-order chi connectivity index (χ1) is 19.5. The van der Waals surface area contributed by atoms with Crippen LogP contribution in [-0.2, 0) is 14.3 Å². The molecule has 1 unspecified atom stereocenters. The van der Waals surface area contributed by atoms with E-state index in [1.165, 1.54) is 11.1 Å². The van der Waals surface area contributed by atoms with Crippen LogP contribution in [0.15, 0.2) is 54.6 Å². The Morgan fingerprint density at radius 3 is 2.55 bits per heavy atom. The molecule has 3 aliphatic rings. The number of amides is 4. The van der Waals surface area contributed by atoms with Crippen molar-refractivity contribution in [1.82, 2.24) is 20.4 Å². The highest BCUT2D eigenvalue weighted by Gasteiger charge is 2.38. The molecule has 0 spiro atoms. The van der Waals surface area contributed by atoms with Gasteiger partial charge in [0.05, 0.1) is 18.7 Å². The lowest BCUT2D eigenvalue weighted by molar-refractivity contribution is -0.139. The summed E-state index contributed by atoms with van der Waals surface area (Å²) in [5, 5.41) is 5.83. The lowest BCUT2D eigenvalue weighted by Crippen LogP contribution is -2.62. The fourth-order valence-electron chi connectivity index (χ4n) is 6.18. The monoisotopic (exact) mass is 548 g/mol. The van der Waals surface area contributed by atoms with Crippen LogP contribution in [0.5, 0.6) is 5.75 Å². The third-order valence-electron chi connectivity index (χ3n) is 8.27. The van der Waals surface area contributed by atoms with E-state index >= 15 is 0 Å². The van der Waals surface area contributed by atoms with E-state index in [1.54, 1.807) is 0 Å². The summed E-state index contributed by atoms with van der Waals surface area (Å²) >= 11 is 0. The Balaban J connectivity index is 1.22. The Morgan fingerprint density at radius 1 is 1.02 bits per heavy atom. The maximum atomic E-state index is 13.4. The Bertz CT molecular complexity index is 1170. The number of ether oxygens (including phenoxy) is 2. The van der Waals surface area contributed by atoms with Crippen LogP contribution in [0.4, 0.5) is 4.79 Å². The summed E-state index contributed by atoms with van der Waals surface area (Å²) in [6.07, 6.45) is 3.00. The van der Waals surface area contributed by atoms with Crippen molar-refractivity contribution < 1.29 is 23.9 Å². The van der Waals surface area contributed by atoms with Crippen LogP contribution in [-0.4, -0.2) is 85.7 Å². The number of nitrogens with one attached hydrogen (secondary N) is 2. The zero-order valence-corrected chi connectivity index (χ0v) is 23.2. The average molecular weight is 549 g/mol. The van der Waals surface area contributed by atoms with Crippen LogP contribution in [0.2, 0.25) is 0 Å². The molecule has 5 rings (SSSR count). The molecule has 3 fully saturated rings. The molecule has 3 saturated heterocycles. The van der Waals surface area contributed by atoms with Crippen LogP contribution >= 0.6 is 0 Å². The molecule has 3 atom stereocenters. The largest absolute Gasteiger partial charge is 0.492 e. The molecule has 9 nitrogen and oxygen atoms in total. The van der Waals surface area contributed by atoms with Gasteiger partial charge in [-0.2, -0.15) is 0 Å². The standard InChI is InChI=1S/C31H40N4O5/c1-2-28(36)32-14-18-39-25-10-6-9-24(19-25)30(22-7-4-3-5-8-22)23-11-15-34(16-12-23)31(38)35-17-13-27-26(20-35)33-29(37)21-40-27/h3-10,19,23,26-27,30H,2,11-18,20-21H2,1H3,(H,32,36)(H,33,37)/t26-,27+,30?/m1/s1. The summed E-state index contributed by atoms with van der Waals surface area (Å²) in [6.45, 7) is 5.38. The maximum absolute atomic E-state index is 13.4. The van der Waals surface area contributed by atoms with Crippen molar-refractivity contribution in [3.05, 3.63) is 65.7 Å².